The summed E-state index contributed by atoms with van der Waals surface area (Å²) in [4.78, 5) is 11.6. The van der Waals surface area contributed by atoms with Crippen LogP contribution in [-0.2, 0) is 4.74 Å². The number of anilines is 1. The molecule has 1 aromatic rings. The van der Waals surface area contributed by atoms with E-state index in [2.05, 4.69) is 0 Å². The van der Waals surface area contributed by atoms with Crippen molar-refractivity contribution in [3.8, 4) is 5.75 Å². The second-order valence-electron chi connectivity index (χ2n) is 3.32. The second-order valence-corrected chi connectivity index (χ2v) is 3.32. The van der Waals surface area contributed by atoms with Crippen LogP contribution in [0.2, 0.25) is 0 Å². The Hall–Kier alpha value is -1.71. The molecule has 2 N–H and O–H groups in total. The van der Waals surface area contributed by atoms with Crippen molar-refractivity contribution in [2.24, 2.45) is 0 Å². The van der Waals surface area contributed by atoms with Gasteiger partial charge in [0.05, 0.1) is 13.2 Å². The van der Waals surface area contributed by atoms with Gasteiger partial charge in [0.2, 0.25) is 0 Å². The van der Waals surface area contributed by atoms with Crippen LogP contribution in [0, 0.1) is 0 Å². The Bertz CT molecular complexity index is 363. The molecular formula is C12H17NO3. The average molecular weight is 223 g/mol. The fraction of sp³-hybridized carbons (Fsp3) is 0.417. The van der Waals surface area contributed by atoms with Crippen LogP contribution in [-0.4, -0.2) is 19.2 Å². The predicted molar refractivity (Wildman–Crippen MR) is 62.6 cm³/mol. The number of hydrogen-bond donors (Lipinski definition) is 1. The van der Waals surface area contributed by atoms with Gasteiger partial charge in [-0.3, -0.25) is 0 Å². The maximum atomic E-state index is 11.6. The Kier molecular flexibility index (Phi) is 4.64. The van der Waals surface area contributed by atoms with E-state index in [0.29, 0.717) is 30.2 Å². The first-order chi connectivity index (χ1) is 7.69. The highest BCUT2D eigenvalue weighted by molar-refractivity contribution is 5.93. The molecule has 0 heterocycles. The summed E-state index contributed by atoms with van der Waals surface area (Å²) in [6, 6.07) is 4.97. The number of carbonyl (C=O) groups excluding carboxylic acids is 1. The zero-order chi connectivity index (χ0) is 12.0. The summed E-state index contributed by atoms with van der Waals surface area (Å²) >= 11 is 0. The van der Waals surface area contributed by atoms with Crippen LogP contribution in [0.5, 0.6) is 5.75 Å². The van der Waals surface area contributed by atoms with Crippen molar-refractivity contribution in [1.29, 1.82) is 0 Å². The molecular weight excluding hydrogens is 206 g/mol. The van der Waals surface area contributed by atoms with Crippen molar-refractivity contribution >= 4 is 11.7 Å². The molecule has 0 aliphatic heterocycles. The lowest BCUT2D eigenvalue weighted by atomic mass is 10.2. The Morgan fingerprint density at radius 1 is 1.38 bits per heavy atom. The summed E-state index contributed by atoms with van der Waals surface area (Å²) < 4.78 is 10.4. The van der Waals surface area contributed by atoms with E-state index in [1.165, 1.54) is 0 Å². The molecule has 4 heteroatoms. The summed E-state index contributed by atoms with van der Waals surface area (Å²) in [6.07, 6.45) is 0.882. The fourth-order valence-electron chi connectivity index (χ4n) is 1.25. The van der Waals surface area contributed by atoms with Crippen LogP contribution in [0.25, 0.3) is 0 Å². The van der Waals surface area contributed by atoms with Crippen LogP contribution in [0.4, 0.5) is 5.69 Å². The van der Waals surface area contributed by atoms with E-state index in [1.54, 1.807) is 25.1 Å². The summed E-state index contributed by atoms with van der Waals surface area (Å²) in [7, 11) is 0. The van der Waals surface area contributed by atoms with Crippen LogP contribution in [0.3, 0.4) is 0 Å². The lowest BCUT2D eigenvalue weighted by Crippen LogP contribution is -2.09. The van der Waals surface area contributed by atoms with E-state index < -0.39 is 5.97 Å². The number of nitrogen functional groups attached to an aromatic ring is 1. The molecule has 16 heavy (non-hydrogen) atoms. The van der Waals surface area contributed by atoms with Crippen molar-refractivity contribution in [2.75, 3.05) is 18.9 Å². The standard InChI is InChI=1S/C12H17NO3/c1-3-7-16-11-6-5-9(13)8-10(11)12(14)15-4-2/h5-6,8H,3-4,7,13H2,1-2H3. The minimum absolute atomic E-state index is 0.334. The van der Waals surface area contributed by atoms with Gasteiger partial charge in [0.25, 0.3) is 0 Å². The monoisotopic (exact) mass is 223 g/mol. The molecule has 0 saturated heterocycles. The molecule has 1 aromatic carbocycles. The third-order valence-electron chi connectivity index (χ3n) is 1.96. The van der Waals surface area contributed by atoms with Crippen LogP contribution < -0.4 is 10.5 Å². The molecule has 0 saturated carbocycles. The summed E-state index contributed by atoms with van der Waals surface area (Å²) in [5.74, 6) is 0.121. The predicted octanol–water partition coefficient (Wildman–Crippen LogP) is 2.23. The van der Waals surface area contributed by atoms with Crippen LogP contribution in [0.1, 0.15) is 30.6 Å². The van der Waals surface area contributed by atoms with E-state index in [-0.39, 0.29) is 0 Å². The van der Waals surface area contributed by atoms with Crippen molar-refractivity contribution in [3.05, 3.63) is 23.8 Å². The van der Waals surface area contributed by atoms with Gasteiger partial charge in [0, 0.05) is 5.69 Å². The van der Waals surface area contributed by atoms with Gasteiger partial charge in [-0.05, 0) is 31.5 Å². The first kappa shape index (κ1) is 12.4. The highest BCUT2D eigenvalue weighted by Crippen LogP contribution is 2.22. The minimum Gasteiger partial charge on any atom is -0.493 e. The van der Waals surface area contributed by atoms with Gasteiger partial charge in [-0.2, -0.15) is 0 Å². The number of esters is 1. The topological polar surface area (TPSA) is 61.5 Å². The van der Waals surface area contributed by atoms with Crippen molar-refractivity contribution in [3.63, 3.8) is 0 Å². The Morgan fingerprint density at radius 2 is 2.12 bits per heavy atom. The Balaban J connectivity index is 2.93. The summed E-state index contributed by atoms with van der Waals surface area (Å²) in [6.45, 7) is 4.66. The highest BCUT2D eigenvalue weighted by Gasteiger charge is 2.13. The largest absolute Gasteiger partial charge is 0.493 e. The quantitative estimate of drug-likeness (QED) is 0.614. The molecule has 4 nitrogen and oxygen atoms in total. The highest BCUT2D eigenvalue weighted by atomic mass is 16.5. The smallest absolute Gasteiger partial charge is 0.341 e. The van der Waals surface area contributed by atoms with Gasteiger partial charge in [-0.25, -0.2) is 4.79 Å². The lowest BCUT2D eigenvalue weighted by molar-refractivity contribution is 0.0521. The zero-order valence-electron chi connectivity index (χ0n) is 9.66. The molecule has 0 aliphatic rings. The Labute approximate surface area is 95.3 Å². The van der Waals surface area contributed by atoms with E-state index in [1.807, 2.05) is 6.92 Å². The zero-order valence-corrected chi connectivity index (χ0v) is 9.66. The number of benzene rings is 1. The van der Waals surface area contributed by atoms with Gasteiger partial charge >= 0.3 is 5.97 Å². The van der Waals surface area contributed by atoms with Crippen molar-refractivity contribution in [2.45, 2.75) is 20.3 Å². The van der Waals surface area contributed by atoms with Crippen molar-refractivity contribution in [1.82, 2.24) is 0 Å². The summed E-state index contributed by atoms with van der Waals surface area (Å²) in [5, 5.41) is 0. The first-order valence-corrected chi connectivity index (χ1v) is 5.38. The SMILES string of the molecule is CCCOc1ccc(N)cc1C(=O)OCC. The average Bonchev–Trinajstić information content (AvgIpc) is 2.27. The molecule has 0 amide bonds. The first-order valence-electron chi connectivity index (χ1n) is 5.38. The molecule has 0 unspecified atom stereocenters. The van der Waals surface area contributed by atoms with Crippen LogP contribution >= 0.6 is 0 Å². The van der Waals surface area contributed by atoms with Gasteiger partial charge in [0.1, 0.15) is 11.3 Å². The number of hydrogen-bond acceptors (Lipinski definition) is 4. The molecule has 0 aromatic heterocycles. The molecule has 0 aliphatic carbocycles. The van der Waals surface area contributed by atoms with Crippen LogP contribution in [0.15, 0.2) is 18.2 Å². The molecule has 0 fully saturated rings. The van der Waals surface area contributed by atoms with Gasteiger partial charge in [-0.1, -0.05) is 6.92 Å². The minimum atomic E-state index is -0.402. The molecule has 0 bridgehead atoms. The second kappa shape index (κ2) is 6.00. The van der Waals surface area contributed by atoms with E-state index in [4.69, 9.17) is 15.2 Å². The fourth-order valence-corrected chi connectivity index (χ4v) is 1.25. The van der Waals surface area contributed by atoms with Gasteiger partial charge < -0.3 is 15.2 Å². The molecule has 0 spiro atoms. The maximum Gasteiger partial charge on any atom is 0.341 e. The van der Waals surface area contributed by atoms with E-state index >= 15 is 0 Å². The van der Waals surface area contributed by atoms with E-state index in [9.17, 15) is 4.79 Å². The maximum absolute atomic E-state index is 11.6. The number of nitrogens with two attached hydrogens (primary N) is 1. The number of carbonyl (C=O) groups is 1. The normalized spacial score (nSPS) is 9.88. The third kappa shape index (κ3) is 3.15. The van der Waals surface area contributed by atoms with Crippen molar-refractivity contribution < 1.29 is 14.3 Å². The van der Waals surface area contributed by atoms with Gasteiger partial charge in [-0.15, -0.1) is 0 Å². The molecule has 0 radical (unpaired) electrons. The van der Waals surface area contributed by atoms with Gasteiger partial charge in [0.15, 0.2) is 0 Å². The number of ether oxygens (including phenoxy) is 2. The summed E-state index contributed by atoms with van der Waals surface area (Å²) in [5.41, 5.74) is 6.53. The third-order valence-corrected chi connectivity index (χ3v) is 1.96. The molecule has 0 atom stereocenters. The Morgan fingerprint density at radius 3 is 2.75 bits per heavy atom. The lowest BCUT2D eigenvalue weighted by Gasteiger charge is -2.10. The number of rotatable bonds is 5. The molecule has 88 valence electrons. The molecule has 1 rings (SSSR count). The van der Waals surface area contributed by atoms with E-state index in [0.717, 1.165) is 6.42 Å².